The highest BCUT2D eigenvalue weighted by atomic mass is 19.1. The van der Waals surface area contributed by atoms with Gasteiger partial charge in [-0.2, -0.15) is 0 Å². The average molecular weight is 302 g/mol. The Morgan fingerprint density at radius 3 is 2.00 bits per heavy atom. The molecule has 0 atom stereocenters. The second-order valence-corrected chi connectivity index (χ2v) is 6.93. The summed E-state index contributed by atoms with van der Waals surface area (Å²) in [7, 11) is 0. The minimum atomic E-state index is 0.642. The topological polar surface area (TPSA) is 0 Å². The molecule has 1 heteroatoms. The van der Waals surface area contributed by atoms with Gasteiger partial charge < -0.3 is 0 Å². The first-order valence-electron chi connectivity index (χ1n) is 9.14. The Hall–Kier alpha value is -1.11. The van der Waals surface area contributed by atoms with Gasteiger partial charge in [0, 0.05) is 0 Å². The molecule has 1 aliphatic carbocycles. The van der Waals surface area contributed by atoms with E-state index in [4.69, 9.17) is 0 Å². The zero-order chi connectivity index (χ0) is 15.6. The number of rotatable bonds is 8. The van der Waals surface area contributed by atoms with Crippen LogP contribution in [0.1, 0.15) is 69.4 Å². The molecular weight excluding hydrogens is 271 g/mol. The molecular formula is C21H31F. The third kappa shape index (κ3) is 5.94. The molecule has 0 spiro atoms. The number of halogens is 1. The van der Waals surface area contributed by atoms with E-state index in [1.54, 1.807) is 6.08 Å². The van der Waals surface area contributed by atoms with Crippen LogP contribution >= 0.6 is 0 Å². The second-order valence-electron chi connectivity index (χ2n) is 6.93. The Bertz CT molecular complexity index is 424. The maximum Gasteiger partial charge on any atom is 0.0827 e. The van der Waals surface area contributed by atoms with Crippen molar-refractivity contribution in [3.8, 4) is 0 Å². The Morgan fingerprint density at radius 2 is 1.45 bits per heavy atom. The molecule has 1 aromatic carbocycles. The van der Waals surface area contributed by atoms with Crippen LogP contribution < -0.4 is 0 Å². The number of hydrogen-bond donors (Lipinski definition) is 0. The van der Waals surface area contributed by atoms with Crippen molar-refractivity contribution in [2.45, 2.75) is 71.1 Å². The molecule has 0 bridgehead atoms. The molecule has 1 aliphatic rings. The van der Waals surface area contributed by atoms with Gasteiger partial charge in [0.05, 0.1) is 6.33 Å². The fourth-order valence-corrected chi connectivity index (χ4v) is 3.77. The Morgan fingerprint density at radius 1 is 0.909 bits per heavy atom. The molecule has 1 aromatic rings. The average Bonchev–Trinajstić information content (AvgIpc) is 2.56. The Labute approximate surface area is 135 Å². The van der Waals surface area contributed by atoms with Crippen molar-refractivity contribution in [2.75, 3.05) is 0 Å². The lowest BCUT2D eigenvalue weighted by Gasteiger charge is -2.28. The summed E-state index contributed by atoms with van der Waals surface area (Å²) < 4.78 is 11.9. The molecule has 0 unspecified atom stereocenters. The van der Waals surface area contributed by atoms with Gasteiger partial charge in [0.2, 0.25) is 0 Å². The monoisotopic (exact) mass is 302 g/mol. The first-order valence-corrected chi connectivity index (χ1v) is 9.14. The molecule has 22 heavy (non-hydrogen) atoms. The van der Waals surface area contributed by atoms with E-state index in [1.807, 2.05) is 0 Å². The van der Waals surface area contributed by atoms with Crippen LogP contribution in [0.25, 0.3) is 0 Å². The summed E-state index contributed by atoms with van der Waals surface area (Å²) >= 11 is 0. The Balaban J connectivity index is 1.69. The van der Waals surface area contributed by atoms with Gasteiger partial charge in [-0.1, -0.05) is 75.8 Å². The number of allylic oxidation sites excluding steroid dienone is 1. The van der Waals surface area contributed by atoms with E-state index in [0.717, 1.165) is 24.7 Å². The summed E-state index contributed by atoms with van der Waals surface area (Å²) in [4.78, 5) is 0. The molecule has 2 rings (SSSR count). The van der Waals surface area contributed by atoms with Crippen LogP contribution in [-0.4, -0.2) is 0 Å². The minimum absolute atomic E-state index is 0.642. The van der Waals surface area contributed by atoms with Gasteiger partial charge in [-0.3, -0.25) is 0 Å². The Kier molecular flexibility index (Phi) is 7.70. The van der Waals surface area contributed by atoms with E-state index in [0.29, 0.717) is 6.33 Å². The fourth-order valence-electron chi connectivity index (χ4n) is 3.77. The van der Waals surface area contributed by atoms with Crippen molar-refractivity contribution < 1.29 is 4.39 Å². The SMILES string of the molecule is CCC[C@H]1CC[C@H](CCc2ccc(CCC=CF)cc2)CC1. The largest absolute Gasteiger partial charge is 0.216 e. The predicted molar refractivity (Wildman–Crippen MR) is 93.7 cm³/mol. The summed E-state index contributed by atoms with van der Waals surface area (Å²) in [6, 6.07) is 8.94. The van der Waals surface area contributed by atoms with Gasteiger partial charge in [0.15, 0.2) is 0 Å². The normalized spacial score (nSPS) is 22.3. The van der Waals surface area contributed by atoms with Crippen LogP contribution in [0.3, 0.4) is 0 Å². The van der Waals surface area contributed by atoms with Gasteiger partial charge >= 0.3 is 0 Å². The summed E-state index contributed by atoms with van der Waals surface area (Å²) in [5.41, 5.74) is 2.77. The first-order chi connectivity index (χ1) is 10.8. The first kappa shape index (κ1) is 17.2. The van der Waals surface area contributed by atoms with Crippen molar-refractivity contribution >= 4 is 0 Å². The second kappa shape index (κ2) is 9.82. The summed E-state index contributed by atoms with van der Waals surface area (Å²) in [6.07, 6.45) is 15.1. The van der Waals surface area contributed by atoms with Crippen molar-refractivity contribution in [1.82, 2.24) is 0 Å². The molecule has 0 amide bonds. The summed E-state index contributed by atoms with van der Waals surface area (Å²) in [5.74, 6) is 1.96. The molecule has 0 nitrogen and oxygen atoms in total. The third-order valence-corrected chi connectivity index (χ3v) is 5.22. The van der Waals surface area contributed by atoms with Crippen LogP contribution in [-0.2, 0) is 12.8 Å². The molecule has 0 saturated heterocycles. The van der Waals surface area contributed by atoms with Crippen molar-refractivity contribution in [2.24, 2.45) is 11.8 Å². The standard InChI is InChI=1S/C21H31F/c1-2-5-18-7-11-20(12-8-18)15-16-21-13-9-19(10-14-21)6-3-4-17-22/h4,9-10,13-14,17-18,20H,2-3,5-8,11-12,15-16H2,1H3/t18-,20-. The highest BCUT2D eigenvalue weighted by Gasteiger charge is 2.20. The van der Waals surface area contributed by atoms with Crippen molar-refractivity contribution in [3.63, 3.8) is 0 Å². The fraction of sp³-hybridized carbons (Fsp3) is 0.619. The lowest BCUT2D eigenvalue weighted by molar-refractivity contribution is 0.252. The molecule has 0 aliphatic heterocycles. The zero-order valence-corrected chi connectivity index (χ0v) is 14.1. The van der Waals surface area contributed by atoms with Gasteiger partial charge in [-0.25, -0.2) is 4.39 Å². The highest BCUT2D eigenvalue weighted by Crippen LogP contribution is 2.33. The lowest BCUT2D eigenvalue weighted by Crippen LogP contribution is -2.15. The zero-order valence-electron chi connectivity index (χ0n) is 14.1. The summed E-state index contributed by atoms with van der Waals surface area (Å²) in [5, 5.41) is 0. The van der Waals surface area contributed by atoms with E-state index in [1.165, 1.54) is 62.5 Å². The number of benzene rings is 1. The van der Waals surface area contributed by atoms with Crippen LogP contribution in [0, 0.1) is 11.8 Å². The van der Waals surface area contributed by atoms with Crippen molar-refractivity contribution in [1.29, 1.82) is 0 Å². The lowest BCUT2D eigenvalue weighted by atomic mass is 9.78. The number of aryl methyl sites for hydroxylation is 2. The van der Waals surface area contributed by atoms with Crippen LogP contribution in [0.15, 0.2) is 36.7 Å². The van der Waals surface area contributed by atoms with Gasteiger partial charge in [-0.15, -0.1) is 0 Å². The molecule has 1 fully saturated rings. The van der Waals surface area contributed by atoms with Crippen LogP contribution in [0.4, 0.5) is 4.39 Å². The van der Waals surface area contributed by atoms with Crippen LogP contribution in [0.2, 0.25) is 0 Å². The van der Waals surface area contributed by atoms with E-state index >= 15 is 0 Å². The molecule has 0 radical (unpaired) electrons. The summed E-state index contributed by atoms with van der Waals surface area (Å²) in [6.45, 7) is 2.31. The quantitative estimate of drug-likeness (QED) is 0.505. The van der Waals surface area contributed by atoms with E-state index < -0.39 is 0 Å². The maximum atomic E-state index is 11.9. The van der Waals surface area contributed by atoms with Gasteiger partial charge in [0.1, 0.15) is 0 Å². The third-order valence-electron chi connectivity index (χ3n) is 5.22. The minimum Gasteiger partial charge on any atom is -0.216 e. The molecule has 1 saturated carbocycles. The highest BCUT2D eigenvalue weighted by molar-refractivity contribution is 5.23. The predicted octanol–water partition coefficient (Wildman–Crippen LogP) is 6.64. The van der Waals surface area contributed by atoms with E-state index in [-0.39, 0.29) is 0 Å². The smallest absolute Gasteiger partial charge is 0.0827 e. The van der Waals surface area contributed by atoms with E-state index in [2.05, 4.69) is 31.2 Å². The van der Waals surface area contributed by atoms with Crippen LogP contribution in [0.5, 0.6) is 0 Å². The molecule has 0 aromatic heterocycles. The molecule has 0 heterocycles. The van der Waals surface area contributed by atoms with Crippen molar-refractivity contribution in [3.05, 3.63) is 47.8 Å². The van der Waals surface area contributed by atoms with Gasteiger partial charge in [-0.05, 0) is 48.6 Å². The maximum absolute atomic E-state index is 11.9. The van der Waals surface area contributed by atoms with E-state index in [9.17, 15) is 4.39 Å². The molecule has 0 N–H and O–H groups in total. The van der Waals surface area contributed by atoms with Gasteiger partial charge in [0.25, 0.3) is 0 Å². The number of hydrogen-bond acceptors (Lipinski definition) is 0. The molecule has 122 valence electrons.